The Labute approximate surface area is 81.3 Å². The normalized spacial score (nSPS) is 27.5. The van der Waals surface area contributed by atoms with Crippen LogP contribution in [0.1, 0.15) is 46.0 Å². The summed E-state index contributed by atoms with van der Waals surface area (Å²) in [6.07, 6.45) is 5.54. The van der Waals surface area contributed by atoms with Gasteiger partial charge in [-0.2, -0.15) is 0 Å². The third-order valence-electron chi connectivity index (χ3n) is 3.10. The molecule has 0 bridgehead atoms. The highest BCUT2D eigenvalue weighted by atomic mass is 16.5. The van der Waals surface area contributed by atoms with E-state index in [1.54, 1.807) is 0 Å². The van der Waals surface area contributed by atoms with Gasteiger partial charge in [0.2, 0.25) is 0 Å². The quantitative estimate of drug-likeness (QED) is 0.668. The van der Waals surface area contributed by atoms with E-state index in [1.165, 1.54) is 12.8 Å². The molecule has 0 aliphatic carbocycles. The highest BCUT2D eigenvalue weighted by molar-refractivity contribution is 4.84. The van der Waals surface area contributed by atoms with Gasteiger partial charge in [-0.15, -0.1) is 0 Å². The van der Waals surface area contributed by atoms with E-state index in [-0.39, 0.29) is 0 Å². The first kappa shape index (κ1) is 11.0. The highest BCUT2D eigenvalue weighted by Gasteiger charge is 2.33. The number of rotatable bonds is 5. The fourth-order valence-corrected chi connectivity index (χ4v) is 1.96. The van der Waals surface area contributed by atoms with E-state index in [9.17, 15) is 5.11 Å². The summed E-state index contributed by atoms with van der Waals surface area (Å²) >= 11 is 0. The lowest BCUT2D eigenvalue weighted by atomic mass is 9.84. The second-order valence-corrected chi connectivity index (χ2v) is 4.37. The first-order chi connectivity index (χ1) is 6.17. The molecule has 78 valence electrons. The Morgan fingerprint density at radius 3 is 2.77 bits per heavy atom. The van der Waals surface area contributed by atoms with Crippen LogP contribution in [0.3, 0.4) is 0 Å². The second kappa shape index (κ2) is 4.97. The van der Waals surface area contributed by atoms with E-state index < -0.39 is 5.60 Å². The molecule has 0 aromatic heterocycles. The van der Waals surface area contributed by atoms with Crippen molar-refractivity contribution in [1.82, 2.24) is 0 Å². The van der Waals surface area contributed by atoms with Crippen molar-refractivity contribution in [3.8, 4) is 0 Å². The molecule has 0 saturated carbocycles. The van der Waals surface area contributed by atoms with Crippen LogP contribution < -0.4 is 0 Å². The Balaban J connectivity index is 2.26. The van der Waals surface area contributed by atoms with Crippen LogP contribution in [-0.2, 0) is 4.74 Å². The topological polar surface area (TPSA) is 29.5 Å². The summed E-state index contributed by atoms with van der Waals surface area (Å²) in [5.41, 5.74) is -0.494. The van der Waals surface area contributed by atoms with Crippen LogP contribution in [0.4, 0.5) is 0 Å². The standard InChI is InChI=1S/C11H22O2/c1-3-4-5-7-11(2,12)10-6-8-13-9-10/h10,12H,3-9H2,1-2H3. The van der Waals surface area contributed by atoms with Crippen LogP contribution in [0, 0.1) is 5.92 Å². The Bertz CT molecular complexity index is 137. The van der Waals surface area contributed by atoms with Crippen molar-refractivity contribution in [3.63, 3.8) is 0 Å². The van der Waals surface area contributed by atoms with E-state index in [1.807, 2.05) is 6.92 Å². The van der Waals surface area contributed by atoms with Crippen LogP contribution in [0.2, 0.25) is 0 Å². The minimum atomic E-state index is -0.494. The van der Waals surface area contributed by atoms with Crippen LogP contribution in [0.25, 0.3) is 0 Å². The molecule has 1 aliphatic heterocycles. The first-order valence-corrected chi connectivity index (χ1v) is 5.47. The van der Waals surface area contributed by atoms with Gasteiger partial charge in [0, 0.05) is 12.5 Å². The van der Waals surface area contributed by atoms with Gasteiger partial charge in [0.25, 0.3) is 0 Å². The maximum atomic E-state index is 10.2. The molecule has 1 N–H and O–H groups in total. The fourth-order valence-electron chi connectivity index (χ4n) is 1.96. The summed E-state index contributed by atoms with van der Waals surface area (Å²) in [7, 11) is 0. The van der Waals surface area contributed by atoms with Crippen LogP contribution in [0.5, 0.6) is 0 Å². The van der Waals surface area contributed by atoms with Gasteiger partial charge >= 0.3 is 0 Å². The van der Waals surface area contributed by atoms with Crippen molar-refractivity contribution in [1.29, 1.82) is 0 Å². The third-order valence-corrected chi connectivity index (χ3v) is 3.10. The monoisotopic (exact) mass is 186 g/mol. The molecule has 0 aromatic carbocycles. The zero-order valence-corrected chi connectivity index (χ0v) is 8.88. The number of hydrogen-bond donors (Lipinski definition) is 1. The van der Waals surface area contributed by atoms with Gasteiger partial charge < -0.3 is 9.84 Å². The van der Waals surface area contributed by atoms with Gasteiger partial charge in [-0.05, 0) is 19.8 Å². The predicted octanol–water partition coefficient (Wildman–Crippen LogP) is 2.35. The minimum absolute atomic E-state index is 0.365. The van der Waals surface area contributed by atoms with Gasteiger partial charge in [0.15, 0.2) is 0 Å². The Morgan fingerprint density at radius 1 is 1.46 bits per heavy atom. The summed E-state index contributed by atoms with van der Waals surface area (Å²) in [5.74, 6) is 0.365. The molecule has 2 nitrogen and oxygen atoms in total. The second-order valence-electron chi connectivity index (χ2n) is 4.37. The number of ether oxygens (including phenoxy) is 1. The summed E-state index contributed by atoms with van der Waals surface area (Å²) in [6.45, 7) is 5.73. The first-order valence-electron chi connectivity index (χ1n) is 5.47. The lowest BCUT2D eigenvalue weighted by molar-refractivity contribution is -0.0141. The largest absolute Gasteiger partial charge is 0.390 e. The predicted molar refractivity (Wildman–Crippen MR) is 53.7 cm³/mol. The fraction of sp³-hybridized carbons (Fsp3) is 1.00. The van der Waals surface area contributed by atoms with Crippen molar-refractivity contribution in [2.75, 3.05) is 13.2 Å². The average molecular weight is 186 g/mol. The van der Waals surface area contributed by atoms with Crippen molar-refractivity contribution >= 4 is 0 Å². The van der Waals surface area contributed by atoms with E-state index in [4.69, 9.17) is 4.74 Å². The number of hydrogen-bond acceptors (Lipinski definition) is 2. The van der Waals surface area contributed by atoms with E-state index in [2.05, 4.69) is 6.92 Å². The lowest BCUT2D eigenvalue weighted by Gasteiger charge is -2.29. The third kappa shape index (κ3) is 3.28. The molecule has 1 heterocycles. The Morgan fingerprint density at radius 2 is 2.23 bits per heavy atom. The van der Waals surface area contributed by atoms with Crippen LogP contribution >= 0.6 is 0 Å². The average Bonchev–Trinajstić information content (AvgIpc) is 2.56. The molecule has 1 fully saturated rings. The molecule has 2 heteroatoms. The Kier molecular flexibility index (Phi) is 4.20. The maximum Gasteiger partial charge on any atom is 0.0670 e. The summed E-state index contributed by atoms with van der Waals surface area (Å²) < 4.78 is 5.29. The van der Waals surface area contributed by atoms with Crippen LogP contribution in [0.15, 0.2) is 0 Å². The lowest BCUT2D eigenvalue weighted by Crippen LogP contribution is -2.34. The van der Waals surface area contributed by atoms with E-state index in [0.717, 1.165) is 32.5 Å². The van der Waals surface area contributed by atoms with Crippen LogP contribution in [-0.4, -0.2) is 23.9 Å². The van der Waals surface area contributed by atoms with Gasteiger partial charge in [0.05, 0.1) is 12.2 Å². The molecule has 0 amide bonds. The van der Waals surface area contributed by atoms with Crippen molar-refractivity contribution in [3.05, 3.63) is 0 Å². The maximum absolute atomic E-state index is 10.2. The molecule has 2 atom stereocenters. The van der Waals surface area contributed by atoms with Gasteiger partial charge in [0.1, 0.15) is 0 Å². The smallest absolute Gasteiger partial charge is 0.0670 e. The molecule has 0 radical (unpaired) electrons. The molecule has 1 aliphatic rings. The molecule has 1 saturated heterocycles. The van der Waals surface area contributed by atoms with E-state index in [0.29, 0.717) is 5.92 Å². The van der Waals surface area contributed by atoms with Crippen molar-refractivity contribution in [2.45, 2.75) is 51.6 Å². The molecule has 13 heavy (non-hydrogen) atoms. The van der Waals surface area contributed by atoms with Gasteiger partial charge in [-0.3, -0.25) is 0 Å². The van der Waals surface area contributed by atoms with Crippen molar-refractivity contribution in [2.24, 2.45) is 5.92 Å². The zero-order valence-electron chi connectivity index (χ0n) is 8.88. The van der Waals surface area contributed by atoms with E-state index >= 15 is 0 Å². The Hall–Kier alpha value is -0.0800. The molecule has 2 unspecified atom stereocenters. The molecular weight excluding hydrogens is 164 g/mol. The zero-order chi connectivity index (χ0) is 9.73. The number of aliphatic hydroxyl groups is 1. The van der Waals surface area contributed by atoms with Crippen molar-refractivity contribution < 1.29 is 9.84 Å². The molecule has 0 spiro atoms. The molecule has 1 rings (SSSR count). The highest BCUT2D eigenvalue weighted by Crippen LogP contribution is 2.30. The summed E-state index contributed by atoms with van der Waals surface area (Å²) in [5, 5.41) is 10.2. The summed E-state index contributed by atoms with van der Waals surface area (Å²) in [6, 6.07) is 0. The SMILES string of the molecule is CCCCCC(C)(O)C1CCOC1. The molecule has 0 aromatic rings. The minimum Gasteiger partial charge on any atom is -0.390 e. The van der Waals surface area contributed by atoms with Gasteiger partial charge in [-0.25, -0.2) is 0 Å². The number of unbranched alkanes of at least 4 members (excludes halogenated alkanes) is 2. The molecular formula is C11H22O2. The van der Waals surface area contributed by atoms with Gasteiger partial charge in [-0.1, -0.05) is 26.2 Å². The summed E-state index contributed by atoms with van der Waals surface area (Å²) in [4.78, 5) is 0.